The Hall–Kier alpha value is -1.32. The summed E-state index contributed by atoms with van der Waals surface area (Å²) in [4.78, 5) is 1.45. The quantitative estimate of drug-likeness (QED) is 0.837. The van der Waals surface area contributed by atoms with Crippen LogP contribution in [0.5, 0.6) is 5.75 Å². The van der Waals surface area contributed by atoms with Crippen molar-refractivity contribution >= 4 is 11.3 Å². The van der Waals surface area contributed by atoms with Gasteiger partial charge in [-0.1, -0.05) is 18.2 Å². The first-order chi connectivity index (χ1) is 9.28. The molecule has 1 aromatic carbocycles. The lowest BCUT2D eigenvalue weighted by Gasteiger charge is -2.12. The third-order valence-electron chi connectivity index (χ3n) is 3.21. The highest BCUT2D eigenvalue weighted by Gasteiger charge is 2.05. The SMILES string of the molecule is COc1cccc(CC(N)CCCc2cccs2)c1. The molecule has 1 heterocycles. The minimum absolute atomic E-state index is 0.229. The Morgan fingerprint density at radius 1 is 1.26 bits per heavy atom. The van der Waals surface area contributed by atoms with Gasteiger partial charge in [0.25, 0.3) is 0 Å². The number of hydrogen-bond acceptors (Lipinski definition) is 3. The Morgan fingerprint density at radius 2 is 2.16 bits per heavy atom. The van der Waals surface area contributed by atoms with Gasteiger partial charge in [0.1, 0.15) is 5.75 Å². The van der Waals surface area contributed by atoms with Crippen LogP contribution in [0, 0.1) is 0 Å². The molecule has 0 aliphatic rings. The van der Waals surface area contributed by atoms with E-state index in [2.05, 4.69) is 29.6 Å². The number of aryl methyl sites for hydroxylation is 1. The number of nitrogens with two attached hydrogens (primary N) is 1. The number of ether oxygens (including phenoxy) is 1. The lowest BCUT2D eigenvalue weighted by atomic mass is 10.0. The molecule has 102 valence electrons. The third-order valence-corrected chi connectivity index (χ3v) is 4.15. The summed E-state index contributed by atoms with van der Waals surface area (Å²) in [7, 11) is 1.69. The number of hydrogen-bond donors (Lipinski definition) is 1. The molecule has 2 rings (SSSR count). The standard InChI is InChI=1S/C16H21NOS/c1-18-15-7-2-5-13(12-15)11-14(17)6-3-8-16-9-4-10-19-16/h2,4-5,7,9-10,12,14H,3,6,8,11,17H2,1H3. The Morgan fingerprint density at radius 3 is 2.89 bits per heavy atom. The maximum Gasteiger partial charge on any atom is 0.119 e. The van der Waals surface area contributed by atoms with Gasteiger partial charge in [-0.15, -0.1) is 11.3 Å². The zero-order valence-electron chi connectivity index (χ0n) is 11.3. The smallest absolute Gasteiger partial charge is 0.119 e. The summed E-state index contributed by atoms with van der Waals surface area (Å²) < 4.78 is 5.23. The highest BCUT2D eigenvalue weighted by atomic mass is 32.1. The molecule has 2 nitrogen and oxygen atoms in total. The first kappa shape index (κ1) is 14.1. The molecule has 0 bridgehead atoms. The van der Waals surface area contributed by atoms with Crippen molar-refractivity contribution in [3.8, 4) is 5.75 Å². The maximum atomic E-state index is 6.20. The van der Waals surface area contributed by atoms with Crippen LogP contribution in [-0.2, 0) is 12.8 Å². The van der Waals surface area contributed by atoms with Gasteiger partial charge >= 0.3 is 0 Å². The molecule has 1 unspecified atom stereocenters. The largest absolute Gasteiger partial charge is 0.497 e. The van der Waals surface area contributed by atoms with Crippen LogP contribution in [0.1, 0.15) is 23.3 Å². The summed E-state index contributed by atoms with van der Waals surface area (Å²) in [6.45, 7) is 0. The lowest BCUT2D eigenvalue weighted by Crippen LogP contribution is -2.22. The Balaban J connectivity index is 1.75. The van der Waals surface area contributed by atoms with E-state index in [-0.39, 0.29) is 6.04 Å². The first-order valence-corrected chi connectivity index (χ1v) is 7.57. The average Bonchev–Trinajstić information content (AvgIpc) is 2.92. The average molecular weight is 275 g/mol. The van der Waals surface area contributed by atoms with E-state index in [1.165, 1.54) is 10.4 Å². The van der Waals surface area contributed by atoms with Gasteiger partial charge in [-0.25, -0.2) is 0 Å². The van der Waals surface area contributed by atoms with Crippen LogP contribution in [0.3, 0.4) is 0 Å². The van der Waals surface area contributed by atoms with E-state index in [4.69, 9.17) is 10.5 Å². The van der Waals surface area contributed by atoms with Crippen LogP contribution in [0.25, 0.3) is 0 Å². The zero-order valence-corrected chi connectivity index (χ0v) is 12.2. The normalized spacial score (nSPS) is 12.3. The van der Waals surface area contributed by atoms with Crippen molar-refractivity contribution in [1.82, 2.24) is 0 Å². The molecule has 0 aliphatic heterocycles. The monoisotopic (exact) mass is 275 g/mol. The molecule has 2 N–H and O–H groups in total. The summed E-state index contributed by atoms with van der Waals surface area (Å²) in [5.74, 6) is 0.906. The van der Waals surface area contributed by atoms with Crippen LogP contribution >= 0.6 is 11.3 Å². The Labute approximate surface area is 119 Å². The fourth-order valence-corrected chi connectivity index (χ4v) is 2.95. The van der Waals surface area contributed by atoms with E-state index >= 15 is 0 Å². The van der Waals surface area contributed by atoms with E-state index < -0.39 is 0 Å². The molecule has 19 heavy (non-hydrogen) atoms. The Bertz CT molecular complexity index is 481. The van der Waals surface area contributed by atoms with E-state index in [1.807, 2.05) is 23.5 Å². The molecule has 1 atom stereocenters. The van der Waals surface area contributed by atoms with Crippen LogP contribution in [0.4, 0.5) is 0 Å². The van der Waals surface area contributed by atoms with Crippen molar-refractivity contribution in [2.24, 2.45) is 5.73 Å². The minimum Gasteiger partial charge on any atom is -0.497 e. The first-order valence-electron chi connectivity index (χ1n) is 6.69. The van der Waals surface area contributed by atoms with Gasteiger partial charge in [0.15, 0.2) is 0 Å². The zero-order chi connectivity index (χ0) is 13.5. The van der Waals surface area contributed by atoms with Gasteiger partial charge in [0.05, 0.1) is 7.11 Å². The topological polar surface area (TPSA) is 35.2 Å². The molecule has 0 saturated heterocycles. The predicted octanol–water partition coefficient (Wildman–Crippen LogP) is 3.65. The van der Waals surface area contributed by atoms with Crippen molar-refractivity contribution < 1.29 is 4.74 Å². The van der Waals surface area contributed by atoms with E-state index in [1.54, 1.807) is 7.11 Å². The van der Waals surface area contributed by atoms with Crippen molar-refractivity contribution in [1.29, 1.82) is 0 Å². The predicted molar refractivity (Wildman–Crippen MR) is 81.9 cm³/mol. The molecular weight excluding hydrogens is 254 g/mol. The maximum absolute atomic E-state index is 6.20. The molecule has 0 radical (unpaired) electrons. The highest BCUT2D eigenvalue weighted by molar-refractivity contribution is 7.09. The molecular formula is C16H21NOS. The fraction of sp³-hybridized carbons (Fsp3) is 0.375. The van der Waals surface area contributed by atoms with Crippen LogP contribution < -0.4 is 10.5 Å². The summed E-state index contributed by atoms with van der Waals surface area (Å²) in [5.41, 5.74) is 7.45. The van der Waals surface area contributed by atoms with Gasteiger partial charge in [0, 0.05) is 10.9 Å². The van der Waals surface area contributed by atoms with Crippen molar-refractivity contribution in [3.63, 3.8) is 0 Å². The summed E-state index contributed by atoms with van der Waals surface area (Å²) >= 11 is 1.83. The van der Waals surface area contributed by atoms with Crippen LogP contribution in [-0.4, -0.2) is 13.2 Å². The highest BCUT2D eigenvalue weighted by Crippen LogP contribution is 2.16. The molecule has 1 aromatic heterocycles. The molecule has 0 saturated carbocycles. The van der Waals surface area contributed by atoms with Gasteiger partial charge in [-0.05, 0) is 54.8 Å². The van der Waals surface area contributed by atoms with E-state index in [0.717, 1.165) is 31.4 Å². The van der Waals surface area contributed by atoms with Crippen molar-refractivity contribution in [3.05, 3.63) is 52.2 Å². The third kappa shape index (κ3) is 4.69. The Kier molecular flexibility index (Phi) is 5.43. The second-order valence-corrected chi connectivity index (χ2v) is 5.82. The number of rotatable bonds is 7. The van der Waals surface area contributed by atoms with Gasteiger partial charge in [-0.3, -0.25) is 0 Å². The molecule has 0 amide bonds. The lowest BCUT2D eigenvalue weighted by molar-refractivity contribution is 0.414. The van der Waals surface area contributed by atoms with Gasteiger partial charge < -0.3 is 10.5 Å². The second kappa shape index (κ2) is 7.31. The number of methoxy groups -OCH3 is 1. The molecule has 2 aromatic rings. The summed E-state index contributed by atoms with van der Waals surface area (Å²) in [6, 6.07) is 12.7. The van der Waals surface area contributed by atoms with Gasteiger partial charge in [0.2, 0.25) is 0 Å². The number of benzene rings is 1. The molecule has 0 aliphatic carbocycles. The van der Waals surface area contributed by atoms with Crippen LogP contribution in [0.2, 0.25) is 0 Å². The summed E-state index contributed by atoms with van der Waals surface area (Å²) in [5, 5.41) is 2.13. The van der Waals surface area contributed by atoms with Crippen molar-refractivity contribution in [2.45, 2.75) is 31.7 Å². The minimum atomic E-state index is 0.229. The van der Waals surface area contributed by atoms with Gasteiger partial charge in [-0.2, -0.15) is 0 Å². The van der Waals surface area contributed by atoms with Crippen molar-refractivity contribution in [2.75, 3.05) is 7.11 Å². The molecule has 0 spiro atoms. The van der Waals surface area contributed by atoms with E-state index in [0.29, 0.717) is 0 Å². The van der Waals surface area contributed by atoms with Crippen LogP contribution in [0.15, 0.2) is 41.8 Å². The molecule has 3 heteroatoms. The fourth-order valence-electron chi connectivity index (χ4n) is 2.20. The second-order valence-electron chi connectivity index (χ2n) is 4.79. The number of thiophene rings is 1. The van der Waals surface area contributed by atoms with E-state index in [9.17, 15) is 0 Å². The molecule has 0 fully saturated rings. The summed E-state index contributed by atoms with van der Waals surface area (Å²) in [6.07, 6.45) is 4.28.